The number of hydrogen-bond acceptors (Lipinski definition) is 6. The summed E-state index contributed by atoms with van der Waals surface area (Å²) in [6.07, 6.45) is 0. The molecule has 4 nitrogen and oxygen atoms in total. The van der Waals surface area contributed by atoms with Crippen LogP contribution in [-0.4, -0.2) is 14.2 Å². The number of rotatable bonds is 8. The summed E-state index contributed by atoms with van der Waals surface area (Å²) in [4.78, 5) is 9.57. The standard InChI is InChI=1S/C38H30N2O2S2/c1-41-33-19-13-29(14-20-33)39(27-9-5-3-6-10-27)31-17-23-35-37(25-31)43-36-24-18-32(26-38(36)44-35)40(28-11-7-4-8-12-28)30-15-21-34(42-2)22-16-30/h3-26H,1-2H3. The van der Waals surface area contributed by atoms with Gasteiger partial charge in [-0.05, 0) is 109 Å². The maximum atomic E-state index is 5.42. The summed E-state index contributed by atoms with van der Waals surface area (Å²) in [6, 6.07) is 50.9. The van der Waals surface area contributed by atoms with Gasteiger partial charge in [0.05, 0.1) is 14.2 Å². The molecule has 0 radical (unpaired) electrons. The SMILES string of the molecule is COc1ccc(N(c2ccccc2)c2ccc3c(c2)Sc2ccc(N(c4ccccc4)c4ccc(OC)cc4)cc2S3)cc1. The normalized spacial score (nSPS) is 11.7. The number of hydrogen-bond donors (Lipinski definition) is 0. The van der Waals surface area contributed by atoms with Crippen LogP contribution in [-0.2, 0) is 0 Å². The molecule has 0 unspecified atom stereocenters. The molecule has 0 N–H and O–H groups in total. The Morgan fingerprint density at radius 1 is 0.364 bits per heavy atom. The zero-order chi connectivity index (χ0) is 29.9. The highest BCUT2D eigenvalue weighted by Crippen LogP contribution is 2.52. The maximum Gasteiger partial charge on any atom is 0.119 e. The molecule has 6 aromatic rings. The molecular formula is C38H30N2O2S2. The minimum Gasteiger partial charge on any atom is -0.497 e. The predicted molar refractivity (Wildman–Crippen MR) is 184 cm³/mol. The van der Waals surface area contributed by atoms with Crippen LogP contribution in [0.3, 0.4) is 0 Å². The second-order valence-corrected chi connectivity index (χ2v) is 12.4. The van der Waals surface area contributed by atoms with E-state index in [1.54, 1.807) is 14.2 Å². The summed E-state index contributed by atoms with van der Waals surface area (Å²) < 4.78 is 10.8. The summed E-state index contributed by atoms with van der Waals surface area (Å²) in [5, 5.41) is 0. The van der Waals surface area contributed by atoms with Gasteiger partial charge >= 0.3 is 0 Å². The number of benzene rings is 6. The van der Waals surface area contributed by atoms with Crippen LogP contribution in [0.5, 0.6) is 11.5 Å². The lowest BCUT2D eigenvalue weighted by atomic mass is 10.2. The first-order valence-corrected chi connectivity index (χ1v) is 16.0. The number of ether oxygens (including phenoxy) is 2. The van der Waals surface area contributed by atoms with Gasteiger partial charge in [0.25, 0.3) is 0 Å². The summed E-state index contributed by atoms with van der Waals surface area (Å²) in [5.41, 5.74) is 6.60. The van der Waals surface area contributed by atoms with E-state index in [4.69, 9.17) is 9.47 Å². The van der Waals surface area contributed by atoms with Crippen molar-refractivity contribution in [1.29, 1.82) is 0 Å². The number of para-hydroxylation sites is 2. The smallest absolute Gasteiger partial charge is 0.119 e. The molecule has 0 aromatic heterocycles. The van der Waals surface area contributed by atoms with Crippen LogP contribution in [0.2, 0.25) is 0 Å². The fraction of sp³-hybridized carbons (Fsp3) is 0.0526. The maximum absolute atomic E-state index is 5.42. The molecule has 0 fully saturated rings. The van der Waals surface area contributed by atoms with Gasteiger partial charge in [0, 0.05) is 53.7 Å². The van der Waals surface area contributed by atoms with E-state index in [9.17, 15) is 0 Å². The molecule has 44 heavy (non-hydrogen) atoms. The summed E-state index contributed by atoms with van der Waals surface area (Å²) in [5.74, 6) is 1.68. The third-order valence-corrected chi connectivity index (χ3v) is 10.0. The van der Waals surface area contributed by atoms with Crippen LogP contribution in [0.4, 0.5) is 34.1 Å². The predicted octanol–water partition coefficient (Wildman–Crippen LogP) is 11.3. The van der Waals surface area contributed by atoms with Crippen LogP contribution in [0.1, 0.15) is 0 Å². The summed E-state index contributed by atoms with van der Waals surface area (Å²) in [7, 11) is 3.39. The zero-order valence-corrected chi connectivity index (χ0v) is 26.0. The Labute approximate surface area is 266 Å². The fourth-order valence-corrected chi connectivity index (χ4v) is 7.61. The van der Waals surface area contributed by atoms with E-state index in [-0.39, 0.29) is 0 Å². The third kappa shape index (κ3) is 5.62. The molecule has 1 aliphatic heterocycles. The Balaban J connectivity index is 1.23. The van der Waals surface area contributed by atoms with Crippen molar-refractivity contribution >= 4 is 57.6 Å². The number of nitrogens with zero attached hydrogens (tertiary/aromatic N) is 2. The average molecular weight is 611 g/mol. The van der Waals surface area contributed by atoms with E-state index in [0.29, 0.717) is 0 Å². The van der Waals surface area contributed by atoms with Gasteiger partial charge < -0.3 is 19.3 Å². The zero-order valence-electron chi connectivity index (χ0n) is 24.4. The van der Waals surface area contributed by atoms with Crippen LogP contribution in [0.25, 0.3) is 0 Å². The molecule has 1 heterocycles. The van der Waals surface area contributed by atoms with Crippen molar-refractivity contribution in [1.82, 2.24) is 0 Å². The first kappa shape index (κ1) is 28.0. The monoisotopic (exact) mass is 610 g/mol. The van der Waals surface area contributed by atoms with E-state index in [0.717, 1.165) is 45.6 Å². The minimum absolute atomic E-state index is 0.841. The third-order valence-electron chi connectivity index (χ3n) is 7.50. The molecule has 0 aliphatic carbocycles. The molecule has 0 spiro atoms. The Hall–Kier alpha value is -4.78. The van der Waals surface area contributed by atoms with Crippen LogP contribution in [0.15, 0.2) is 165 Å². The Bertz CT molecular complexity index is 1740. The molecule has 6 heteroatoms. The van der Waals surface area contributed by atoms with E-state index >= 15 is 0 Å². The van der Waals surface area contributed by atoms with E-state index in [2.05, 4.69) is 119 Å². The molecule has 6 aromatic carbocycles. The summed E-state index contributed by atoms with van der Waals surface area (Å²) in [6.45, 7) is 0. The lowest BCUT2D eigenvalue weighted by Gasteiger charge is -2.29. The minimum atomic E-state index is 0.841. The first-order valence-electron chi connectivity index (χ1n) is 14.3. The number of fused-ring (bicyclic) bond motifs is 2. The van der Waals surface area contributed by atoms with Crippen molar-refractivity contribution in [2.45, 2.75) is 19.6 Å². The second kappa shape index (κ2) is 12.4. The molecular weight excluding hydrogens is 581 g/mol. The quantitative estimate of drug-likeness (QED) is 0.170. The summed E-state index contributed by atoms with van der Waals surface area (Å²) >= 11 is 3.65. The molecule has 7 rings (SSSR count). The van der Waals surface area contributed by atoms with Crippen LogP contribution >= 0.6 is 23.5 Å². The van der Waals surface area contributed by atoms with Crippen LogP contribution < -0.4 is 19.3 Å². The topological polar surface area (TPSA) is 24.9 Å². The van der Waals surface area contributed by atoms with Crippen molar-refractivity contribution < 1.29 is 9.47 Å². The Kier molecular flexibility index (Phi) is 7.93. The van der Waals surface area contributed by atoms with Gasteiger partial charge in [-0.3, -0.25) is 0 Å². The first-order chi connectivity index (χ1) is 21.7. The van der Waals surface area contributed by atoms with Gasteiger partial charge in [0.2, 0.25) is 0 Å². The van der Waals surface area contributed by atoms with E-state index in [1.165, 1.54) is 19.6 Å². The second-order valence-electron chi connectivity index (χ2n) is 10.2. The van der Waals surface area contributed by atoms with Crippen molar-refractivity contribution in [2.24, 2.45) is 0 Å². The highest BCUT2D eigenvalue weighted by atomic mass is 32.2. The molecule has 0 bridgehead atoms. The van der Waals surface area contributed by atoms with Crippen molar-refractivity contribution in [3.8, 4) is 11.5 Å². The Morgan fingerprint density at radius 3 is 1.07 bits per heavy atom. The largest absolute Gasteiger partial charge is 0.497 e. The molecule has 0 amide bonds. The van der Waals surface area contributed by atoms with Gasteiger partial charge in [0.1, 0.15) is 11.5 Å². The lowest BCUT2D eigenvalue weighted by Crippen LogP contribution is -2.11. The molecule has 0 saturated heterocycles. The van der Waals surface area contributed by atoms with Crippen molar-refractivity contribution in [3.63, 3.8) is 0 Å². The lowest BCUT2D eigenvalue weighted by molar-refractivity contribution is 0.414. The van der Waals surface area contributed by atoms with Gasteiger partial charge in [-0.25, -0.2) is 0 Å². The van der Waals surface area contributed by atoms with E-state index < -0.39 is 0 Å². The van der Waals surface area contributed by atoms with Crippen LogP contribution in [0, 0.1) is 0 Å². The van der Waals surface area contributed by atoms with Crippen molar-refractivity contribution in [2.75, 3.05) is 24.0 Å². The van der Waals surface area contributed by atoms with Gasteiger partial charge in [-0.2, -0.15) is 0 Å². The molecule has 0 saturated carbocycles. The highest BCUT2D eigenvalue weighted by Gasteiger charge is 2.22. The fourth-order valence-electron chi connectivity index (χ4n) is 5.35. The number of methoxy groups -OCH3 is 2. The average Bonchev–Trinajstić information content (AvgIpc) is 3.09. The van der Waals surface area contributed by atoms with Crippen molar-refractivity contribution in [3.05, 3.63) is 146 Å². The highest BCUT2D eigenvalue weighted by molar-refractivity contribution is 8.05. The Morgan fingerprint density at radius 2 is 0.705 bits per heavy atom. The molecule has 216 valence electrons. The molecule has 1 aliphatic rings. The number of anilines is 6. The molecule has 0 atom stereocenters. The van der Waals surface area contributed by atoms with Gasteiger partial charge in [-0.15, -0.1) is 0 Å². The van der Waals surface area contributed by atoms with Gasteiger partial charge in [-0.1, -0.05) is 59.9 Å². The van der Waals surface area contributed by atoms with Gasteiger partial charge in [0.15, 0.2) is 0 Å². The van der Waals surface area contributed by atoms with E-state index in [1.807, 2.05) is 59.9 Å².